The molecule has 1 aliphatic rings. The summed E-state index contributed by atoms with van der Waals surface area (Å²) < 4.78 is 5.89. The number of hydrogen-bond donors (Lipinski definition) is 1. The fourth-order valence-corrected chi connectivity index (χ4v) is 3.05. The van der Waals surface area contributed by atoms with Gasteiger partial charge in [0.15, 0.2) is 0 Å². The fraction of sp³-hybridized carbons (Fsp3) is 0.353. The number of carbonyl (C=O) groups is 1. The van der Waals surface area contributed by atoms with Crippen molar-refractivity contribution in [3.63, 3.8) is 0 Å². The zero-order valence-electron chi connectivity index (χ0n) is 13.5. The number of carbonyl (C=O) groups excluding carboxylic acids is 1. The Kier molecular flexibility index (Phi) is 5.30. The first-order valence-electron chi connectivity index (χ1n) is 7.86. The van der Waals surface area contributed by atoms with Gasteiger partial charge in [-0.25, -0.2) is 9.97 Å². The number of rotatable bonds is 5. The van der Waals surface area contributed by atoms with E-state index in [1.807, 2.05) is 6.07 Å². The summed E-state index contributed by atoms with van der Waals surface area (Å²) in [6.07, 6.45) is 4.09. The number of hydrogen-bond acceptors (Lipinski definition) is 5. The highest BCUT2D eigenvalue weighted by Crippen LogP contribution is 2.22. The number of aromatic nitrogens is 2. The first-order chi connectivity index (χ1) is 11.7. The Bertz CT molecular complexity index is 732. The van der Waals surface area contributed by atoms with E-state index >= 15 is 0 Å². The molecule has 3 rings (SSSR count). The third-order valence-corrected chi connectivity index (χ3v) is 4.63. The molecule has 0 aliphatic carbocycles. The minimum absolute atomic E-state index is 0.179. The summed E-state index contributed by atoms with van der Waals surface area (Å²) in [6.45, 7) is 2.34. The van der Waals surface area contributed by atoms with Crippen LogP contribution in [0.3, 0.4) is 0 Å². The van der Waals surface area contributed by atoms with Gasteiger partial charge in [0, 0.05) is 23.8 Å². The molecule has 0 saturated carbocycles. The molecule has 126 valence electrons. The van der Waals surface area contributed by atoms with Crippen molar-refractivity contribution < 1.29 is 9.53 Å². The van der Waals surface area contributed by atoms with E-state index in [-0.39, 0.29) is 5.91 Å². The second-order valence-corrected chi connectivity index (χ2v) is 6.42. The topological polar surface area (TPSA) is 67.3 Å². The Labute approximate surface area is 149 Å². The van der Waals surface area contributed by atoms with E-state index in [1.165, 1.54) is 12.8 Å². The van der Waals surface area contributed by atoms with E-state index in [0.717, 1.165) is 29.2 Å². The molecule has 7 heteroatoms. The maximum Gasteiger partial charge on any atom is 0.252 e. The summed E-state index contributed by atoms with van der Waals surface area (Å²) in [5.41, 5.74) is 1.32. The molecule has 1 aromatic heterocycles. The molecule has 0 unspecified atom stereocenters. The normalized spacial score (nSPS) is 13.8. The zero-order valence-corrected chi connectivity index (χ0v) is 15.0. The summed E-state index contributed by atoms with van der Waals surface area (Å²) in [6, 6.07) is 7.12. The largest absolute Gasteiger partial charge is 0.497 e. The van der Waals surface area contributed by atoms with Crippen molar-refractivity contribution in [1.82, 2.24) is 15.3 Å². The van der Waals surface area contributed by atoms with E-state index in [1.54, 1.807) is 31.5 Å². The number of anilines is 1. The summed E-state index contributed by atoms with van der Waals surface area (Å²) in [4.78, 5) is 23.4. The van der Waals surface area contributed by atoms with Crippen LogP contribution in [0.2, 0.25) is 0 Å². The van der Waals surface area contributed by atoms with Gasteiger partial charge >= 0.3 is 0 Å². The first kappa shape index (κ1) is 16.7. The second kappa shape index (κ2) is 7.61. The van der Waals surface area contributed by atoms with Crippen LogP contribution >= 0.6 is 15.9 Å². The van der Waals surface area contributed by atoms with Crippen LogP contribution in [-0.2, 0) is 6.54 Å². The molecule has 2 aromatic rings. The molecule has 0 atom stereocenters. The lowest BCUT2D eigenvalue weighted by Crippen LogP contribution is -2.25. The summed E-state index contributed by atoms with van der Waals surface area (Å²) >= 11 is 3.39. The van der Waals surface area contributed by atoms with E-state index in [0.29, 0.717) is 17.9 Å². The molecule has 1 aromatic carbocycles. The highest BCUT2D eigenvalue weighted by Gasteiger charge is 2.16. The lowest BCUT2D eigenvalue weighted by Gasteiger charge is -2.15. The van der Waals surface area contributed by atoms with Crippen molar-refractivity contribution in [3.05, 3.63) is 46.2 Å². The lowest BCUT2D eigenvalue weighted by atomic mass is 10.2. The van der Waals surface area contributed by atoms with Crippen LogP contribution in [0, 0.1) is 0 Å². The first-order valence-corrected chi connectivity index (χ1v) is 8.65. The quantitative estimate of drug-likeness (QED) is 0.849. The van der Waals surface area contributed by atoms with E-state index in [4.69, 9.17) is 4.74 Å². The molecule has 1 aliphatic heterocycles. The van der Waals surface area contributed by atoms with Crippen LogP contribution in [0.1, 0.15) is 28.9 Å². The third-order valence-electron chi connectivity index (χ3n) is 3.94. The van der Waals surface area contributed by atoms with E-state index < -0.39 is 0 Å². The van der Waals surface area contributed by atoms with Crippen molar-refractivity contribution in [2.45, 2.75) is 19.4 Å². The van der Waals surface area contributed by atoms with Gasteiger partial charge in [0.05, 0.1) is 24.9 Å². The monoisotopic (exact) mass is 390 g/mol. The highest BCUT2D eigenvalue weighted by atomic mass is 79.9. The molecule has 0 spiro atoms. The Balaban J connectivity index is 1.67. The number of nitrogens with one attached hydrogen (secondary N) is 1. The SMILES string of the molecule is COc1ccc(Br)c(C(=O)NCc2ccnc(N3CCCC3)n2)c1. The van der Waals surface area contributed by atoms with Crippen LogP contribution < -0.4 is 15.0 Å². The average Bonchev–Trinajstić information content (AvgIpc) is 3.15. The average molecular weight is 391 g/mol. The molecular formula is C17H19BrN4O2. The van der Waals surface area contributed by atoms with Gasteiger partial charge in [-0.05, 0) is 53.0 Å². The van der Waals surface area contributed by atoms with Crippen LogP contribution in [0.15, 0.2) is 34.9 Å². The number of ether oxygens (including phenoxy) is 1. The lowest BCUT2D eigenvalue weighted by molar-refractivity contribution is 0.0949. The van der Waals surface area contributed by atoms with Crippen LogP contribution in [0.5, 0.6) is 5.75 Å². The Morgan fingerprint density at radius 1 is 1.33 bits per heavy atom. The van der Waals surface area contributed by atoms with Gasteiger partial charge in [0.2, 0.25) is 5.95 Å². The van der Waals surface area contributed by atoms with Crippen molar-refractivity contribution >= 4 is 27.8 Å². The number of methoxy groups -OCH3 is 1. The predicted octanol–water partition coefficient (Wildman–Crippen LogP) is 2.78. The number of halogens is 1. The fourth-order valence-electron chi connectivity index (χ4n) is 2.62. The molecule has 1 saturated heterocycles. The number of benzene rings is 1. The van der Waals surface area contributed by atoms with Gasteiger partial charge in [-0.1, -0.05) is 0 Å². The maximum absolute atomic E-state index is 12.4. The van der Waals surface area contributed by atoms with E-state index in [2.05, 4.69) is 36.1 Å². The summed E-state index contributed by atoms with van der Waals surface area (Å²) in [5.74, 6) is 1.20. The van der Waals surface area contributed by atoms with Crippen molar-refractivity contribution in [1.29, 1.82) is 0 Å². The Hall–Kier alpha value is -2.15. The van der Waals surface area contributed by atoms with Gasteiger partial charge < -0.3 is 15.0 Å². The van der Waals surface area contributed by atoms with Gasteiger partial charge in [-0.15, -0.1) is 0 Å². The maximum atomic E-state index is 12.4. The van der Waals surface area contributed by atoms with Crippen molar-refractivity contribution in [2.75, 3.05) is 25.1 Å². The van der Waals surface area contributed by atoms with Crippen molar-refractivity contribution in [2.24, 2.45) is 0 Å². The summed E-state index contributed by atoms with van der Waals surface area (Å²) in [7, 11) is 1.58. The zero-order chi connectivity index (χ0) is 16.9. The molecular weight excluding hydrogens is 372 g/mol. The molecule has 1 amide bonds. The van der Waals surface area contributed by atoms with Crippen LogP contribution in [0.25, 0.3) is 0 Å². The molecule has 0 bridgehead atoms. The smallest absolute Gasteiger partial charge is 0.252 e. The van der Waals surface area contributed by atoms with Crippen LogP contribution in [-0.4, -0.2) is 36.1 Å². The minimum atomic E-state index is -0.179. The van der Waals surface area contributed by atoms with Gasteiger partial charge in [-0.3, -0.25) is 4.79 Å². The molecule has 2 heterocycles. The van der Waals surface area contributed by atoms with Gasteiger partial charge in [0.25, 0.3) is 5.91 Å². The molecule has 1 fully saturated rings. The summed E-state index contributed by atoms with van der Waals surface area (Å²) in [5, 5.41) is 2.89. The molecule has 1 N–H and O–H groups in total. The number of amides is 1. The van der Waals surface area contributed by atoms with Crippen molar-refractivity contribution in [3.8, 4) is 5.75 Å². The third kappa shape index (κ3) is 3.84. The standard InChI is InChI=1S/C17H19BrN4O2/c1-24-13-4-5-15(18)14(10-13)16(23)20-11-12-6-7-19-17(21-12)22-8-2-3-9-22/h4-7,10H,2-3,8-9,11H2,1H3,(H,20,23). The van der Waals surface area contributed by atoms with E-state index in [9.17, 15) is 4.79 Å². The number of nitrogens with zero attached hydrogens (tertiary/aromatic N) is 3. The van der Waals surface area contributed by atoms with Crippen LogP contribution in [0.4, 0.5) is 5.95 Å². The minimum Gasteiger partial charge on any atom is -0.497 e. The Morgan fingerprint density at radius 3 is 2.88 bits per heavy atom. The second-order valence-electron chi connectivity index (χ2n) is 5.57. The Morgan fingerprint density at radius 2 is 2.12 bits per heavy atom. The predicted molar refractivity (Wildman–Crippen MR) is 95.3 cm³/mol. The molecule has 0 radical (unpaired) electrons. The van der Waals surface area contributed by atoms with Gasteiger partial charge in [-0.2, -0.15) is 0 Å². The molecule has 6 nitrogen and oxygen atoms in total. The molecule has 24 heavy (non-hydrogen) atoms. The van der Waals surface area contributed by atoms with Gasteiger partial charge in [0.1, 0.15) is 5.75 Å². The highest BCUT2D eigenvalue weighted by molar-refractivity contribution is 9.10.